The highest BCUT2D eigenvalue weighted by atomic mass is 16.5. The molecule has 4 aromatic rings. The number of hydrogen-bond acceptors (Lipinski definition) is 7. The fourth-order valence-electron chi connectivity index (χ4n) is 3.89. The van der Waals surface area contributed by atoms with Gasteiger partial charge in [-0.2, -0.15) is 4.98 Å². The molecule has 0 spiro atoms. The van der Waals surface area contributed by atoms with Crippen LogP contribution in [0.3, 0.4) is 0 Å². The Morgan fingerprint density at radius 2 is 2.07 bits per heavy atom. The van der Waals surface area contributed by atoms with Gasteiger partial charge in [-0.25, -0.2) is 4.98 Å². The molecule has 7 nitrogen and oxygen atoms in total. The average Bonchev–Trinajstić information content (AvgIpc) is 3.43. The lowest BCUT2D eigenvalue weighted by atomic mass is 10.1. The third-order valence-electron chi connectivity index (χ3n) is 5.40. The Morgan fingerprint density at radius 3 is 2.93 bits per heavy atom. The maximum Gasteiger partial charge on any atom is 0.244 e. The third-order valence-corrected chi connectivity index (χ3v) is 5.40. The molecule has 5 rings (SSSR count). The zero-order chi connectivity index (χ0) is 19.6. The van der Waals surface area contributed by atoms with Crippen molar-refractivity contribution in [2.24, 2.45) is 0 Å². The molecule has 0 radical (unpaired) electrons. The van der Waals surface area contributed by atoms with E-state index in [-0.39, 0.29) is 6.04 Å². The number of rotatable bonds is 5. The van der Waals surface area contributed by atoms with Crippen LogP contribution in [0, 0.1) is 0 Å². The Morgan fingerprint density at radius 1 is 1.14 bits per heavy atom. The van der Waals surface area contributed by atoms with Crippen molar-refractivity contribution in [3.8, 4) is 11.4 Å². The van der Waals surface area contributed by atoms with Crippen LogP contribution in [0.25, 0.3) is 22.3 Å². The van der Waals surface area contributed by atoms with Crippen LogP contribution in [0.1, 0.15) is 30.3 Å². The van der Waals surface area contributed by atoms with Gasteiger partial charge in [0, 0.05) is 36.9 Å². The summed E-state index contributed by atoms with van der Waals surface area (Å²) in [7, 11) is 1.84. The van der Waals surface area contributed by atoms with Crippen LogP contribution in [0.15, 0.2) is 59.4 Å². The molecule has 0 amide bonds. The van der Waals surface area contributed by atoms with Gasteiger partial charge >= 0.3 is 0 Å². The molecule has 29 heavy (non-hydrogen) atoms. The Hall–Kier alpha value is -3.32. The van der Waals surface area contributed by atoms with E-state index in [1.54, 1.807) is 6.20 Å². The maximum atomic E-state index is 5.64. The average molecular weight is 386 g/mol. The Balaban J connectivity index is 1.35. The lowest BCUT2D eigenvalue weighted by molar-refractivity contribution is 0.201. The number of anilines is 1. The van der Waals surface area contributed by atoms with E-state index in [9.17, 15) is 0 Å². The van der Waals surface area contributed by atoms with Crippen molar-refractivity contribution in [1.29, 1.82) is 0 Å². The number of fused-ring (bicyclic) bond motifs is 1. The molecule has 7 heteroatoms. The van der Waals surface area contributed by atoms with Gasteiger partial charge in [0.15, 0.2) is 0 Å². The number of aromatic nitrogens is 4. The van der Waals surface area contributed by atoms with Crippen molar-refractivity contribution in [2.75, 3.05) is 18.9 Å². The van der Waals surface area contributed by atoms with Gasteiger partial charge in [0.1, 0.15) is 5.82 Å². The van der Waals surface area contributed by atoms with Crippen LogP contribution in [0.2, 0.25) is 0 Å². The second kappa shape index (κ2) is 7.60. The molecule has 1 atom stereocenters. The maximum absolute atomic E-state index is 5.64. The molecule has 4 heterocycles. The molecule has 1 N–H and O–H groups in total. The van der Waals surface area contributed by atoms with E-state index in [0.29, 0.717) is 11.7 Å². The second-order valence-corrected chi connectivity index (χ2v) is 7.30. The number of nitrogens with one attached hydrogen (secondary N) is 1. The van der Waals surface area contributed by atoms with Gasteiger partial charge in [-0.1, -0.05) is 23.4 Å². The monoisotopic (exact) mass is 386 g/mol. The first-order chi connectivity index (χ1) is 14.3. The van der Waals surface area contributed by atoms with Gasteiger partial charge in [0.2, 0.25) is 11.7 Å². The predicted octanol–water partition coefficient (Wildman–Crippen LogP) is 4.06. The third kappa shape index (κ3) is 3.56. The van der Waals surface area contributed by atoms with Gasteiger partial charge in [-0.3, -0.25) is 9.88 Å². The van der Waals surface area contributed by atoms with Crippen molar-refractivity contribution in [2.45, 2.75) is 25.4 Å². The molecule has 0 aliphatic carbocycles. The molecule has 146 valence electrons. The molecule has 1 aliphatic heterocycles. The summed E-state index contributed by atoms with van der Waals surface area (Å²) < 4.78 is 5.64. The Bertz CT molecular complexity index is 1120. The minimum absolute atomic E-state index is 0.132. The number of pyridine rings is 2. The van der Waals surface area contributed by atoms with Crippen molar-refractivity contribution in [3.05, 3.63) is 66.3 Å². The highest BCUT2D eigenvalue weighted by Gasteiger charge is 2.31. The quantitative estimate of drug-likeness (QED) is 0.554. The molecular weight excluding hydrogens is 364 g/mol. The minimum atomic E-state index is 0.132. The fraction of sp³-hybridized carbons (Fsp3) is 0.273. The van der Waals surface area contributed by atoms with E-state index in [0.717, 1.165) is 42.8 Å². The number of nitrogens with zero attached hydrogens (tertiary/aromatic N) is 5. The lowest BCUT2D eigenvalue weighted by Crippen LogP contribution is -2.23. The summed E-state index contributed by atoms with van der Waals surface area (Å²) in [5.74, 6) is 2.06. The number of hydrogen-bond donors (Lipinski definition) is 1. The van der Waals surface area contributed by atoms with Gasteiger partial charge in [-0.15, -0.1) is 0 Å². The van der Waals surface area contributed by atoms with E-state index in [1.165, 1.54) is 10.9 Å². The smallest absolute Gasteiger partial charge is 0.244 e. The number of para-hydroxylation sites is 1. The van der Waals surface area contributed by atoms with Crippen LogP contribution in [-0.4, -0.2) is 38.6 Å². The van der Waals surface area contributed by atoms with E-state index in [2.05, 4.69) is 42.5 Å². The summed E-state index contributed by atoms with van der Waals surface area (Å²) in [6.07, 6.45) is 5.85. The summed E-state index contributed by atoms with van der Waals surface area (Å²) in [5, 5.41) is 8.36. The Kier molecular flexibility index (Phi) is 4.65. The molecule has 3 aromatic heterocycles. The molecule has 0 saturated carbocycles. The van der Waals surface area contributed by atoms with Crippen LogP contribution in [0.5, 0.6) is 0 Å². The first-order valence-electron chi connectivity index (χ1n) is 9.85. The van der Waals surface area contributed by atoms with Crippen molar-refractivity contribution < 1.29 is 4.52 Å². The van der Waals surface area contributed by atoms with Gasteiger partial charge < -0.3 is 9.84 Å². The summed E-state index contributed by atoms with van der Waals surface area (Å²) in [6.45, 7) is 1.83. The lowest BCUT2D eigenvalue weighted by Gasteiger charge is -2.21. The zero-order valence-electron chi connectivity index (χ0n) is 16.2. The van der Waals surface area contributed by atoms with E-state index in [4.69, 9.17) is 4.52 Å². The van der Waals surface area contributed by atoms with Crippen LogP contribution < -0.4 is 5.32 Å². The molecule has 0 bridgehead atoms. The van der Waals surface area contributed by atoms with Gasteiger partial charge in [0.25, 0.3) is 0 Å². The van der Waals surface area contributed by atoms with E-state index < -0.39 is 0 Å². The normalized spacial score (nSPS) is 17.1. The molecule has 1 aliphatic rings. The van der Waals surface area contributed by atoms with E-state index >= 15 is 0 Å². The van der Waals surface area contributed by atoms with Crippen molar-refractivity contribution >= 4 is 16.7 Å². The number of likely N-dealkylation sites (tertiary alicyclic amines) is 1. The zero-order valence-corrected chi connectivity index (χ0v) is 16.2. The molecule has 1 saturated heterocycles. The molecule has 1 unspecified atom stereocenters. The first kappa shape index (κ1) is 17.8. The Labute approximate surface area is 168 Å². The first-order valence-corrected chi connectivity index (χ1v) is 9.85. The molecule has 1 fully saturated rings. The highest BCUT2D eigenvalue weighted by molar-refractivity contribution is 5.78. The molecule has 1 aromatic carbocycles. The fourth-order valence-corrected chi connectivity index (χ4v) is 3.89. The standard InChI is InChI=1S/C22H22N6O/c1-23-20-9-8-17(13-25-20)21-26-22(29-27-21)19-7-4-10-28(19)14-15-11-16-5-2-3-6-18(16)24-12-15/h2-3,5-6,8-9,11-13,19H,4,7,10,14H2,1H3,(H,23,25). The predicted molar refractivity (Wildman–Crippen MR) is 111 cm³/mol. The summed E-state index contributed by atoms with van der Waals surface area (Å²) in [6, 6.07) is 14.4. The topological polar surface area (TPSA) is 80.0 Å². The second-order valence-electron chi connectivity index (χ2n) is 7.30. The summed E-state index contributed by atoms with van der Waals surface area (Å²) >= 11 is 0. The van der Waals surface area contributed by atoms with Crippen LogP contribution in [0.4, 0.5) is 5.82 Å². The summed E-state index contributed by atoms with van der Waals surface area (Å²) in [4.78, 5) is 16.0. The van der Waals surface area contributed by atoms with Gasteiger partial charge in [-0.05, 0) is 49.2 Å². The number of benzene rings is 1. The van der Waals surface area contributed by atoms with Crippen LogP contribution in [-0.2, 0) is 6.54 Å². The van der Waals surface area contributed by atoms with Crippen molar-refractivity contribution in [1.82, 2.24) is 25.0 Å². The van der Waals surface area contributed by atoms with Crippen LogP contribution >= 0.6 is 0 Å². The van der Waals surface area contributed by atoms with Crippen molar-refractivity contribution in [3.63, 3.8) is 0 Å². The van der Waals surface area contributed by atoms with E-state index in [1.807, 2.05) is 43.6 Å². The largest absolute Gasteiger partial charge is 0.373 e. The van der Waals surface area contributed by atoms with Gasteiger partial charge in [0.05, 0.1) is 11.6 Å². The highest BCUT2D eigenvalue weighted by Crippen LogP contribution is 2.33. The molecular formula is C22H22N6O. The minimum Gasteiger partial charge on any atom is -0.373 e. The SMILES string of the molecule is CNc1ccc(-c2noc(C3CCCN3Cc3cnc4ccccc4c3)n2)cn1. The summed E-state index contributed by atoms with van der Waals surface area (Å²) in [5.41, 5.74) is 3.07.